The first-order valence-corrected chi connectivity index (χ1v) is 15.1. The Balaban J connectivity index is 0.00000417. The van der Waals surface area contributed by atoms with Gasteiger partial charge >= 0.3 is 35.0 Å². The summed E-state index contributed by atoms with van der Waals surface area (Å²) in [7, 11) is 1.24. The molecule has 5 atom stereocenters. The van der Waals surface area contributed by atoms with E-state index in [1.165, 1.54) is 7.11 Å². The first kappa shape index (κ1) is 33.3. The van der Waals surface area contributed by atoms with Crippen molar-refractivity contribution >= 4 is 71.4 Å². The molecule has 234 valence electrons. The molecule has 3 aliphatic heterocycles. The molecule has 1 aliphatic carbocycles. The van der Waals surface area contributed by atoms with Crippen LogP contribution in [0.2, 0.25) is 0 Å². The Morgan fingerprint density at radius 1 is 1.09 bits per heavy atom. The number of hydrogen-bond donors (Lipinski definition) is 1. The van der Waals surface area contributed by atoms with Crippen molar-refractivity contribution in [1.29, 1.82) is 0 Å². The molecule has 0 amide bonds. The molecule has 2 fully saturated rings. The predicted molar refractivity (Wildman–Crippen MR) is 174 cm³/mol. The second kappa shape index (κ2) is 12.6. The summed E-state index contributed by atoms with van der Waals surface area (Å²) in [5.41, 5.74) is 6.47. The quantitative estimate of drug-likeness (QED) is 0.212. The summed E-state index contributed by atoms with van der Waals surface area (Å²) in [6.45, 7) is 11.7. The van der Waals surface area contributed by atoms with Crippen LogP contribution < -0.4 is 20.7 Å². The number of carbonyl (C=O) groups excluding carboxylic acids is 3. The fourth-order valence-electron chi connectivity index (χ4n) is 7.28. The van der Waals surface area contributed by atoms with Gasteiger partial charge in [-0.2, -0.15) is 5.70 Å². The smallest absolute Gasteiger partial charge is 0.682 e. The van der Waals surface area contributed by atoms with Crippen LogP contribution >= 0.6 is 0 Å². The third kappa shape index (κ3) is 5.09. The molecular weight excluding hydrogens is 597 g/mol. The summed E-state index contributed by atoms with van der Waals surface area (Å²) in [4.78, 5) is 61.0. The fourth-order valence-corrected chi connectivity index (χ4v) is 7.28. The number of methoxy groups -OCH3 is 1. The van der Waals surface area contributed by atoms with Gasteiger partial charge in [0.25, 0.3) is 0 Å². The topological polar surface area (TPSA) is 154 Å². The number of ether oxygens (including phenoxy) is 1. The molecule has 8 bridgehead atoms. The van der Waals surface area contributed by atoms with Crippen LogP contribution in [-0.2, 0) is 25.5 Å². The van der Waals surface area contributed by atoms with E-state index in [0.29, 0.717) is 62.2 Å². The van der Waals surface area contributed by atoms with E-state index in [-0.39, 0.29) is 47.7 Å². The minimum absolute atomic E-state index is 0. The standard InChI is InChI=1S/C35H36N4O6.Mg/c1-7-18-15(3)22-11-23-16(4)20(9-10-28(41)42)32(38-23)30-31(35(44)45-6)34(43)29-17(5)24(39-33(29)30)12-26-19(8-2)21(14-40)27(37-26)13-25(18)36-22;/h7,11-14,16,20,23,31,33H,1,8-10H2,2-6H3,(H3,36,37,40,41,42,43);/q-2;+2/p-2/b22-11-,32-30-;/t16-,20-,23?,31+,33-;/m0./s1. The maximum Gasteiger partial charge on any atom is 2.00 e. The molecule has 0 radical (unpaired) electrons. The number of ketones is 1. The number of allylic oxidation sites excluding steroid dienone is 2. The van der Waals surface area contributed by atoms with Gasteiger partial charge in [0.05, 0.1) is 7.11 Å². The number of carboxylic acid groups (broad SMARTS) is 1. The van der Waals surface area contributed by atoms with E-state index in [1.54, 1.807) is 25.2 Å². The number of nitrogens with zero attached hydrogens (tertiary/aromatic N) is 4. The summed E-state index contributed by atoms with van der Waals surface area (Å²) in [6, 6.07) is -1.19. The molecule has 5 heterocycles. The number of Topliss-reactive ketones (excluding diaryl/α,β-unsaturated/α-hetero) is 1. The minimum atomic E-state index is -1.23. The van der Waals surface area contributed by atoms with Crippen LogP contribution in [0.25, 0.3) is 34.9 Å². The summed E-state index contributed by atoms with van der Waals surface area (Å²) < 4.78 is 5.11. The maximum absolute atomic E-state index is 14.0. The Bertz CT molecular complexity index is 1910. The molecule has 10 nitrogen and oxygen atoms in total. The van der Waals surface area contributed by atoms with Crippen molar-refractivity contribution in [2.24, 2.45) is 17.8 Å². The summed E-state index contributed by atoms with van der Waals surface area (Å²) in [6.07, 6.45) is 8.77. The Kier molecular flexibility index (Phi) is 9.11. The zero-order valence-electron chi connectivity index (χ0n) is 26.6. The molecule has 6 rings (SSSR count). The number of carbonyl (C=O) groups is 4. The molecule has 0 spiro atoms. The summed E-state index contributed by atoms with van der Waals surface area (Å²) in [5.74, 6) is -3.77. The van der Waals surface area contributed by atoms with Crippen LogP contribution in [-0.4, -0.2) is 71.4 Å². The SMILES string of the molecule is C=Cc1c(C)/c2[n-]/c1=C\c1[n-]c(c(CC)c1C=O)/C=C1\[N-][C@H]3C(=C1C)C(=O)[C@H](C(=O)OC)/C3=C1/[N-]C(\C=2)[C@@H](C)[C@@H]1CCC(=O)O.[Mg+2]. The number of aliphatic carboxylic acids is 1. The number of fused-ring (bicyclic) bond motifs is 7. The number of carboxylic acids is 1. The second-order valence-corrected chi connectivity index (χ2v) is 12.0. The fraction of sp³-hybridized carbons (Fsp3) is 0.371. The van der Waals surface area contributed by atoms with Crippen molar-refractivity contribution in [2.45, 2.75) is 59.0 Å². The van der Waals surface area contributed by atoms with Crippen LogP contribution in [0.15, 0.2) is 34.7 Å². The molecular formula is C35H34MgN4O6-2. The van der Waals surface area contributed by atoms with E-state index in [4.69, 9.17) is 25.3 Å². The van der Waals surface area contributed by atoms with Crippen LogP contribution in [0, 0.1) is 24.7 Å². The molecule has 2 aromatic rings. The minimum Gasteiger partial charge on any atom is -0.682 e. The van der Waals surface area contributed by atoms with Gasteiger partial charge in [-0.05, 0) is 49.7 Å². The van der Waals surface area contributed by atoms with Crippen LogP contribution in [0.1, 0.15) is 72.0 Å². The van der Waals surface area contributed by atoms with Crippen molar-refractivity contribution in [1.82, 2.24) is 9.97 Å². The molecule has 0 aromatic carbocycles. The third-order valence-corrected chi connectivity index (χ3v) is 9.68. The van der Waals surface area contributed by atoms with Gasteiger partial charge in [-0.15, -0.1) is 33.9 Å². The number of hydrogen-bond acceptors (Lipinski definition) is 5. The first-order chi connectivity index (χ1) is 21.5. The van der Waals surface area contributed by atoms with E-state index >= 15 is 0 Å². The molecule has 1 N–H and O–H groups in total. The van der Waals surface area contributed by atoms with Crippen molar-refractivity contribution < 1.29 is 29.0 Å². The van der Waals surface area contributed by atoms with E-state index in [2.05, 4.69) is 6.58 Å². The zero-order valence-corrected chi connectivity index (χ0v) is 28.0. The molecule has 4 aliphatic rings. The van der Waals surface area contributed by atoms with E-state index < -0.39 is 35.7 Å². The normalized spacial score (nSPS) is 28.5. The average Bonchev–Trinajstić information content (AvgIpc) is 3.76. The Morgan fingerprint density at radius 3 is 2.46 bits per heavy atom. The predicted octanol–water partition coefficient (Wildman–Crippen LogP) is 3.08. The second-order valence-electron chi connectivity index (χ2n) is 12.0. The number of rotatable bonds is 7. The number of aromatic nitrogens is 2. The molecule has 1 unspecified atom stereocenters. The largest absolute Gasteiger partial charge is 2.00 e. The monoisotopic (exact) mass is 630 g/mol. The van der Waals surface area contributed by atoms with Gasteiger partial charge in [0.15, 0.2) is 5.78 Å². The van der Waals surface area contributed by atoms with Crippen molar-refractivity contribution in [2.75, 3.05) is 7.11 Å². The van der Waals surface area contributed by atoms with Crippen molar-refractivity contribution in [3.63, 3.8) is 0 Å². The molecule has 2 aromatic heterocycles. The summed E-state index contributed by atoms with van der Waals surface area (Å²) in [5, 5.41) is 21.0. The molecule has 1 saturated heterocycles. The van der Waals surface area contributed by atoms with Crippen molar-refractivity contribution in [3.05, 3.63) is 89.7 Å². The van der Waals surface area contributed by atoms with Crippen LogP contribution in [0.4, 0.5) is 0 Å². The van der Waals surface area contributed by atoms with E-state index in [1.807, 2.05) is 26.8 Å². The summed E-state index contributed by atoms with van der Waals surface area (Å²) >= 11 is 0. The number of esters is 1. The van der Waals surface area contributed by atoms with Gasteiger partial charge in [0.2, 0.25) is 0 Å². The van der Waals surface area contributed by atoms with Gasteiger partial charge in [0, 0.05) is 12.0 Å². The Hall–Kier alpha value is -4.09. The molecule has 46 heavy (non-hydrogen) atoms. The van der Waals surface area contributed by atoms with Crippen molar-refractivity contribution in [3.8, 4) is 0 Å². The number of aldehydes is 1. The zero-order chi connectivity index (χ0) is 32.3. The molecule has 11 heteroatoms. The van der Waals surface area contributed by atoms with E-state index in [0.717, 1.165) is 23.0 Å². The molecule has 1 saturated carbocycles. The maximum atomic E-state index is 14.0. The van der Waals surface area contributed by atoms with E-state index in [9.17, 15) is 24.3 Å². The average molecular weight is 631 g/mol. The third-order valence-electron chi connectivity index (χ3n) is 9.68. The Labute approximate surface area is 283 Å². The van der Waals surface area contributed by atoms with Gasteiger partial charge in [-0.3, -0.25) is 19.2 Å². The van der Waals surface area contributed by atoms with Gasteiger partial charge in [-0.25, -0.2) is 0 Å². The van der Waals surface area contributed by atoms with Gasteiger partial charge in [0.1, 0.15) is 12.2 Å². The van der Waals surface area contributed by atoms with Gasteiger partial charge in [-0.1, -0.05) is 73.0 Å². The van der Waals surface area contributed by atoms with Crippen LogP contribution in [0.5, 0.6) is 0 Å². The first-order valence-electron chi connectivity index (χ1n) is 15.1. The Morgan fingerprint density at radius 2 is 1.83 bits per heavy atom. The van der Waals surface area contributed by atoms with Gasteiger partial charge < -0.3 is 30.4 Å². The van der Waals surface area contributed by atoms with Crippen LogP contribution in [0.3, 0.4) is 0 Å².